The van der Waals surface area contributed by atoms with Crippen molar-refractivity contribution < 1.29 is 14.5 Å². The van der Waals surface area contributed by atoms with Crippen molar-refractivity contribution in [2.24, 2.45) is 0 Å². The summed E-state index contributed by atoms with van der Waals surface area (Å²) in [7, 11) is 0. The summed E-state index contributed by atoms with van der Waals surface area (Å²) < 4.78 is 2.01. The first kappa shape index (κ1) is 30.1. The highest BCUT2D eigenvalue weighted by molar-refractivity contribution is 5.77. The number of rotatable bonds is 22. The smallest absolute Gasteiger partial charge is 0.311 e. The number of carboxylic acid groups (broad SMARTS) is 1. The van der Waals surface area contributed by atoms with Crippen molar-refractivity contribution in [2.45, 2.75) is 135 Å². The molecular weight excluding hydrogens is 442 g/mol. The Morgan fingerprint density at radius 3 is 1.56 bits per heavy atom. The lowest BCUT2D eigenvalue weighted by atomic mass is 9.91. The topological polar surface area (TPSA) is 41.2 Å². The first-order valence-electron chi connectivity index (χ1n) is 15.0. The summed E-state index contributed by atoms with van der Waals surface area (Å²) in [6.07, 6.45) is 29.0. The maximum Gasteiger partial charge on any atom is 0.311 e. The van der Waals surface area contributed by atoms with Crippen LogP contribution in [0.1, 0.15) is 140 Å². The summed E-state index contributed by atoms with van der Waals surface area (Å²) in [5.74, 6) is -1.17. The molecule has 3 nitrogen and oxygen atoms in total. The molecule has 1 aromatic carbocycles. The summed E-state index contributed by atoms with van der Waals surface area (Å²) in [5, 5.41) is 9.93. The fraction of sp³-hybridized carbons (Fsp3) is 0.636. The van der Waals surface area contributed by atoms with Crippen LogP contribution >= 0.6 is 0 Å². The molecule has 1 aromatic heterocycles. The molecule has 1 unspecified atom stereocenters. The highest BCUT2D eigenvalue weighted by Crippen LogP contribution is 2.26. The third-order valence-corrected chi connectivity index (χ3v) is 7.45. The van der Waals surface area contributed by atoms with E-state index < -0.39 is 11.9 Å². The van der Waals surface area contributed by atoms with Crippen molar-refractivity contribution in [3.8, 4) is 5.69 Å². The van der Waals surface area contributed by atoms with Crippen molar-refractivity contribution >= 4 is 5.97 Å². The van der Waals surface area contributed by atoms with Crippen molar-refractivity contribution in [1.29, 1.82) is 0 Å². The Balaban J connectivity index is 1.50. The molecule has 0 aliphatic rings. The number of pyridine rings is 1. The first-order chi connectivity index (χ1) is 17.7. The summed E-state index contributed by atoms with van der Waals surface area (Å²) in [6.45, 7) is 2.28. The van der Waals surface area contributed by atoms with E-state index in [1.54, 1.807) is 0 Å². The summed E-state index contributed by atoms with van der Waals surface area (Å²) in [5.41, 5.74) is 1.88. The molecule has 2 aromatic rings. The minimum absolute atomic E-state index is 0.449. The van der Waals surface area contributed by atoms with Crippen LogP contribution in [0.4, 0.5) is 0 Å². The molecule has 0 saturated heterocycles. The Labute approximate surface area is 221 Å². The third kappa shape index (κ3) is 12.7. The number of unbranched alkanes of at least 4 members (excludes halogenated alkanes) is 17. The van der Waals surface area contributed by atoms with E-state index in [1.807, 2.05) is 59.4 Å². The van der Waals surface area contributed by atoms with Crippen LogP contribution in [0.25, 0.3) is 5.69 Å². The molecular formula is C33H52NO2+. The molecule has 1 N–H and O–H groups in total. The predicted molar refractivity (Wildman–Crippen MR) is 152 cm³/mol. The number of aliphatic carboxylic acids is 1. The van der Waals surface area contributed by atoms with Gasteiger partial charge in [0.25, 0.3) is 0 Å². The van der Waals surface area contributed by atoms with E-state index in [2.05, 4.69) is 6.92 Å². The minimum Gasteiger partial charge on any atom is -0.481 e. The van der Waals surface area contributed by atoms with Crippen LogP contribution in [0.5, 0.6) is 0 Å². The number of nitrogens with zero attached hydrogens (tertiary/aromatic N) is 1. The Morgan fingerprint density at radius 1 is 0.639 bits per heavy atom. The maximum absolute atomic E-state index is 12.1. The number of hydrogen-bond acceptors (Lipinski definition) is 1. The number of hydrogen-bond donors (Lipinski definition) is 1. The van der Waals surface area contributed by atoms with Crippen molar-refractivity contribution in [2.75, 3.05) is 0 Å². The van der Waals surface area contributed by atoms with E-state index in [4.69, 9.17) is 0 Å². The second-order valence-electron chi connectivity index (χ2n) is 10.5. The van der Waals surface area contributed by atoms with Crippen LogP contribution in [-0.4, -0.2) is 11.1 Å². The summed E-state index contributed by atoms with van der Waals surface area (Å²) in [4.78, 5) is 12.1. The van der Waals surface area contributed by atoms with E-state index >= 15 is 0 Å². The molecule has 1 heterocycles. The van der Waals surface area contributed by atoms with Gasteiger partial charge in [-0.2, -0.15) is 4.57 Å². The minimum atomic E-state index is -0.717. The van der Waals surface area contributed by atoms with Gasteiger partial charge in [-0.3, -0.25) is 4.79 Å². The Hall–Kier alpha value is -2.16. The highest BCUT2D eigenvalue weighted by atomic mass is 16.4. The lowest BCUT2D eigenvalue weighted by molar-refractivity contribution is -0.596. The molecule has 0 aliphatic heterocycles. The number of para-hydroxylation sites is 1. The van der Waals surface area contributed by atoms with Crippen LogP contribution < -0.4 is 4.57 Å². The van der Waals surface area contributed by atoms with Gasteiger partial charge in [0.05, 0.1) is 5.92 Å². The van der Waals surface area contributed by atoms with Gasteiger partial charge in [-0.15, -0.1) is 0 Å². The monoisotopic (exact) mass is 494 g/mol. The predicted octanol–water partition coefficient (Wildman–Crippen LogP) is 9.56. The van der Waals surface area contributed by atoms with Crippen LogP contribution in [0.15, 0.2) is 54.9 Å². The molecule has 200 valence electrons. The quantitative estimate of drug-likeness (QED) is 0.131. The molecule has 1 atom stereocenters. The Kier molecular flexibility index (Phi) is 16.7. The molecule has 0 bridgehead atoms. The molecule has 0 amide bonds. The highest BCUT2D eigenvalue weighted by Gasteiger charge is 2.25. The standard InChI is InChI=1S/C33H51NO2/c1-2-3-4-5-6-7-8-9-10-11-12-13-14-15-16-17-18-20-26-31(33(35)36)30-25-21-22-27-32(30)34-28-23-19-24-29-34/h19,21-25,27-29,31H,2-18,20,26H2,1H3/p+1. The summed E-state index contributed by atoms with van der Waals surface area (Å²) >= 11 is 0. The zero-order valence-electron chi connectivity index (χ0n) is 23.0. The van der Waals surface area contributed by atoms with Gasteiger partial charge in [-0.1, -0.05) is 147 Å². The number of benzene rings is 1. The molecule has 0 aliphatic carbocycles. The van der Waals surface area contributed by atoms with Crippen molar-refractivity contribution in [3.05, 3.63) is 60.4 Å². The van der Waals surface area contributed by atoms with Crippen LogP contribution in [0.2, 0.25) is 0 Å². The second-order valence-corrected chi connectivity index (χ2v) is 10.5. The number of aromatic nitrogens is 1. The Morgan fingerprint density at radius 2 is 1.08 bits per heavy atom. The van der Waals surface area contributed by atoms with Gasteiger partial charge in [0.15, 0.2) is 12.4 Å². The van der Waals surface area contributed by atoms with Crippen LogP contribution in [-0.2, 0) is 4.79 Å². The zero-order valence-corrected chi connectivity index (χ0v) is 23.0. The molecule has 0 saturated carbocycles. The second kappa shape index (κ2) is 20.0. The average molecular weight is 495 g/mol. The zero-order chi connectivity index (χ0) is 25.7. The van der Waals surface area contributed by atoms with Crippen molar-refractivity contribution in [1.82, 2.24) is 0 Å². The van der Waals surface area contributed by atoms with Gasteiger partial charge in [0, 0.05) is 23.8 Å². The van der Waals surface area contributed by atoms with E-state index in [0.717, 1.165) is 24.1 Å². The van der Waals surface area contributed by atoms with Gasteiger partial charge in [0.1, 0.15) is 0 Å². The molecule has 0 spiro atoms. The fourth-order valence-electron chi connectivity index (χ4n) is 5.24. The SMILES string of the molecule is CCCCCCCCCCCCCCCCCCCCC(C(=O)O)c1ccccc1-[n+]1ccccc1. The fourth-order valence-corrected chi connectivity index (χ4v) is 5.24. The first-order valence-corrected chi connectivity index (χ1v) is 15.0. The van der Waals surface area contributed by atoms with E-state index in [-0.39, 0.29) is 0 Å². The molecule has 36 heavy (non-hydrogen) atoms. The van der Waals surface area contributed by atoms with E-state index in [9.17, 15) is 9.90 Å². The van der Waals surface area contributed by atoms with Crippen LogP contribution in [0, 0.1) is 0 Å². The third-order valence-electron chi connectivity index (χ3n) is 7.45. The van der Waals surface area contributed by atoms with Gasteiger partial charge in [-0.25, -0.2) is 0 Å². The average Bonchev–Trinajstić information content (AvgIpc) is 2.90. The van der Waals surface area contributed by atoms with Crippen molar-refractivity contribution in [3.63, 3.8) is 0 Å². The van der Waals surface area contributed by atoms with E-state index in [0.29, 0.717) is 6.42 Å². The number of carbonyl (C=O) groups is 1. The van der Waals surface area contributed by atoms with Crippen LogP contribution in [0.3, 0.4) is 0 Å². The largest absolute Gasteiger partial charge is 0.481 e. The maximum atomic E-state index is 12.1. The van der Waals surface area contributed by atoms with Gasteiger partial charge < -0.3 is 5.11 Å². The van der Waals surface area contributed by atoms with Gasteiger partial charge >= 0.3 is 5.97 Å². The molecule has 3 heteroatoms. The normalized spacial score (nSPS) is 12.0. The van der Waals surface area contributed by atoms with E-state index in [1.165, 1.54) is 103 Å². The lowest BCUT2D eigenvalue weighted by Crippen LogP contribution is -2.32. The number of carboxylic acids is 1. The Bertz CT molecular complexity index is 804. The van der Waals surface area contributed by atoms with Gasteiger partial charge in [-0.05, 0) is 6.42 Å². The molecule has 2 rings (SSSR count). The molecule has 0 fully saturated rings. The molecule has 0 radical (unpaired) electrons. The summed E-state index contributed by atoms with van der Waals surface area (Å²) in [6, 6.07) is 13.9. The van der Waals surface area contributed by atoms with Gasteiger partial charge in [0.2, 0.25) is 5.69 Å². The lowest BCUT2D eigenvalue weighted by Gasteiger charge is -2.14.